The Kier molecular flexibility index (Phi) is 2.34. The monoisotopic (exact) mass is 176 g/mol. The van der Waals surface area contributed by atoms with Crippen molar-refractivity contribution in [2.75, 3.05) is 13.1 Å². The number of benzene rings is 1. The van der Waals surface area contributed by atoms with E-state index < -0.39 is 0 Å². The fourth-order valence-corrected chi connectivity index (χ4v) is 1.92. The zero-order chi connectivity index (χ0) is 9.15. The molecule has 1 aliphatic rings. The van der Waals surface area contributed by atoms with Crippen molar-refractivity contribution in [1.29, 1.82) is 0 Å². The van der Waals surface area contributed by atoms with E-state index in [2.05, 4.69) is 29.6 Å². The molecule has 0 amide bonds. The lowest BCUT2D eigenvalue weighted by Crippen LogP contribution is -2.43. The summed E-state index contributed by atoms with van der Waals surface area (Å²) in [5.74, 6) is 0. The van der Waals surface area contributed by atoms with Crippen LogP contribution in [-0.4, -0.2) is 18.6 Å². The first-order chi connectivity index (χ1) is 6.29. The summed E-state index contributed by atoms with van der Waals surface area (Å²) >= 11 is 0. The standard InChI is InChI=1S/C11H16N2/c12-11(6-7-13-9-11)8-10-4-2-1-3-5-10/h1-5,13H,6-9,12H2. The van der Waals surface area contributed by atoms with Crippen molar-refractivity contribution >= 4 is 0 Å². The summed E-state index contributed by atoms with van der Waals surface area (Å²) in [6, 6.07) is 10.5. The molecule has 70 valence electrons. The van der Waals surface area contributed by atoms with Crippen LogP contribution in [0.1, 0.15) is 12.0 Å². The summed E-state index contributed by atoms with van der Waals surface area (Å²) in [6.45, 7) is 2.01. The Morgan fingerprint density at radius 2 is 2.08 bits per heavy atom. The van der Waals surface area contributed by atoms with Gasteiger partial charge in [-0.05, 0) is 24.9 Å². The van der Waals surface area contributed by atoms with Crippen LogP contribution in [0.25, 0.3) is 0 Å². The van der Waals surface area contributed by atoms with E-state index in [1.165, 1.54) is 5.56 Å². The molecule has 13 heavy (non-hydrogen) atoms. The van der Waals surface area contributed by atoms with Gasteiger partial charge in [0.15, 0.2) is 0 Å². The minimum atomic E-state index is -0.0125. The van der Waals surface area contributed by atoms with Gasteiger partial charge >= 0.3 is 0 Å². The van der Waals surface area contributed by atoms with Crippen LogP contribution < -0.4 is 11.1 Å². The van der Waals surface area contributed by atoms with Gasteiger partial charge in [0.2, 0.25) is 0 Å². The Labute approximate surface area is 79.1 Å². The van der Waals surface area contributed by atoms with Crippen LogP contribution in [0.15, 0.2) is 30.3 Å². The Morgan fingerprint density at radius 3 is 2.69 bits per heavy atom. The summed E-state index contributed by atoms with van der Waals surface area (Å²) in [5, 5.41) is 3.31. The molecule has 0 aromatic heterocycles. The quantitative estimate of drug-likeness (QED) is 0.703. The van der Waals surface area contributed by atoms with Crippen LogP contribution in [0.2, 0.25) is 0 Å². The van der Waals surface area contributed by atoms with Gasteiger partial charge in [-0.1, -0.05) is 30.3 Å². The van der Waals surface area contributed by atoms with Crippen molar-refractivity contribution in [3.63, 3.8) is 0 Å². The third kappa shape index (κ3) is 2.08. The number of hydrogen-bond donors (Lipinski definition) is 2. The summed E-state index contributed by atoms with van der Waals surface area (Å²) in [5.41, 5.74) is 7.56. The highest BCUT2D eigenvalue weighted by atomic mass is 15.0. The molecule has 1 aromatic rings. The lowest BCUT2D eigenvalue weighted by molar-refractivity contribution is 0.465. The minimum Gasteiger partial charge on any atom is -0.324 e. The second kappa shape index (κ2) is 3.48. The van der Waals surface area contributed by atoms with Crippen molar-refractivity contribution in [3.05, 3.63) is 35.9 Å². The molecule has 0 saturated carbocycles. The van der Waals surface area contributed by atoms with E-state index in [1.807, 2.05) is 6.07 Å². The smallest absolute Gasteiger partial charge is 0.0333 e. The first kappa shape index (κ1) is 8.73. The van der Waals surface area contributed by atoms with Crippen molar-refractivity contribution in [2.24, 2.45) is 5.73 Å². The fourth-order valence-electron chi connectivity index (χ4n) is 1.92. The first-order valence-electron chi connectivity index (χ1n) is 4.82. The third-order valence-corrected chi connectivity index (χ3v) is 2.68. The normalized spacial score (nSPS) is 27.8. The van der Waals surface area contributed by atoms with E-state index in [-0.39, 0.29) is 5.54 Å². The van der Waals surface area contributed by atoms with Crippen LogP contribution in [0.5, 0.6) is 0 Å². The summed E-state index contributed by atoms with van der Waals surface area (Å²) < 4.78 is 0. The number of nitrogens with two attached hydrogens (primary N) is 1. The van der Waals surface area contributed by atoms with Crippen molar-refractivity contribution < 1.29 is 0 Å². The molecule has 1 aromatic carbocycles. The van der Waals surface area contributed by atoms with Gasteiger partial charge in [0, 0.05) is 12.1 Å². The molecule has 1 saturated heterocycles. The maximum atomic E-state index is 6.23. The molecule has 0 radical (unpaired) electrons. The zero-order valence-corrected chi connectivity index (χ0v) is 7.79. The predicted octanol–water partition coefficient (Wildman–Crippen LogP) is 0.920. The van der Waals surface area contributed by atoms with Gasteiger partial charge < -0.3 is 11.1 Å². The van der Waals surface area contributed by atoms with Gasteiger partial charge in [0.1, 0.15) is 0 Å². The lowest BCUT2D eigenvalue weighted by atomic mass is 9.91. The second-order valence-electron chi connectivity index (χ2n) is 3.95. The summed E-state index contributed by atoms with van der Waals surface area (Å²) in [4.78, 5) is 0. The van der Waals surface area contributed by atoms with Gasteiger partial charge in [-0.2, -0.15) is 0 Å². The van der Waals surface area contributed by atoms with Gasteiger partial charge in [-0.15, -0.1) is 0 Å². The van der Waals surface area contributed by atoms with E-state index in [0.717, 1.165) is 25.9 Å². The first-order valence-corrected chi connectivity index (χ1v) is 4.82. The Morgan fingerprint density at radius 1 is 1.31 bits per heavy atom. The average molecular weight is 176 g/mol. The van der Waals surface area contributed by atoms with Crippen LogP contribution in [0.4, 0.5) is 0 Å². The average Bonchev–Trinajstić information content (AvgIpc) is 2.54. The lowest BCUT2D eigenvalue weighted by Gasteiger charge is -2.22. The fraction of sp³-hybridized carbons (Fsp3) is 0.455. The molecule has 1 heterocycles. The molecule has 2 rings (SSSR count). The number of hydrogen-bond acceptors (Lipinski definition) is 2. The van der Waals surface area contributed by atoms with E-state index in [4.69, 9.17) is 5.73 Å². The molecule has 3 N–H and O–H groups in total. The summed E-state index contributed by atoms with van der Waals surface area (Å²) in [6.07, 6.45) is 2.07. The van der Waals surface area contributed by atoms with Gasteiger partial charge in [0.05, 0.1) is 0 Å². The molecule has 0 spiro atoms. The van der Waals surface area contributed by atoms with Crippen LogP contribution >= 0.6 is 0 Å². The van der Waals surface area contributed by atoms with Crippen molar-refractivity contribution in [2.45, 2.75) is 18.4 Å². The van der Waals surface area contributed by atoms with Gasteiger partial charge in [0.25, 0.3) is 0 Å². The third-order valence-electron chi connectivity index (χ3n) is 2.68. The van der Waals surface area contributed by atoms with E-state index in [9.17, 15) is 0 Å². The molecule has 1 atom stereocenters. The predicted molar refractivity (Wildman–Crippen MR) is 54.6 cm³/mol. The Balaban J connectivity index is 2.05. The molecular weight excluding hydrogens is 160 g/mol. The van der Waals surface area contributed by atoms with Crippen LogP contribution in [0.3, 0.4) is 0 Å². The van der Waals surface area contributed by atoms with E-state index >= 15 is 0 Å². The molecule has 2 nitrogen and oxygen atoms in total. The molecule has 0 aliphatic carbocycles. The topological polar surface area (TPSA) is 38.0 Å². The highest BCUT2D eigenvalue weighted by molar-refractivity contribution is 5.18. The maximum absolute atomic E-state index is 6.23. The van der Waals surface area contributed by atoms with Gasteiger partial charge in [-0.3, -0.25) is 0 Å². The molecule has 1 aliphatic heterocycles. The highest BCUT2D eigenvalue weighted by Crippen LogP contribution is 2.17. The molecule has 0 bridgehead atoms. The highest BCUT2D eigenvalue weighted by Gasteiger charge is 2.28. The molecule has 1 unspecified atom stereocenters. The zero-order valence-electron chi connectivity index (χ0n) is 7.79. The second-order valence-corrected chi connectivity index (χ2v) is 3.95. The Bertz CT molecular complexity index is 263. The van der Waals surface area contributed by atoms with E-state index in [0.29, 0.717) is 0 Å². The molecule has 2 heteroatoms. The largest absolute Gasteiger partial charge is 0.324 e. The van der Waals surface area contributed by atoms with Crippen LogP contribution in [0, 0.1) is 0 Å². The maximum Gasteiger partial charge on any atom is 0.0333 e. The van der Waals surface area contributed by atoms with Crippen molar-refractivity contribution in [1.82, 2.24) is 5.32 Å². The SMILES string of the molecule is NC1(Cc2ccccc2)CCNC1. The number of nitrogens with one attached hydrogen (secondary N) is 1. The summed E-state index contributed by atoms with van der Waals surface area (Å²) in [7, 11) is 0. The van der Waals surface area contributed by atoms with Crippen molar-refractivity contribution in [3.8, 4) is 0 Å². The minimum absolute atomic E-state index is 0.0125. The molecule has 1 fully saturated rings. The van der Waals surface area contributed by atoms with Crippen LogP contribution in [-0.2, 0) is 6.42 Å². The van der Waals surface area contributed by atoms with E-state index in [1.54, 1.807) is 0 Å². The Hall–Kier alpha value is -0.860. The number of rotatable bonds is 2. The van der Waals surface area contributed by atoms with Gasteiger partial charge in [-0.25, -0.2) is 0 Å². The molecular formula is C11H16N2.